The second-order valence-corrected chi connectivity index (χ2v) is 6.92. The van der Waals surface area contributed by atoms with E-state index in [1.54, 1.807) is 13.1 Å². The third-order valence-electron chi connectivity index (χ3n) is 3.99. The molecule has 1 aliphatic rings. The molecule has 0 amide bonds. The molecule has 0 spiro atoms. The first-order valence-electron chi connectivity index (χ1n) is 7.20. The molecule has 0 saturated heterocycles. The van der Waals surface area contributed by atoms with Gasteiger partial charge in [0.2, 0.25) is 0 Å². The number of hydrogen-bond acceptors (Lipinski definition) is 3. The molecule has 0 aliphatic heterocycles. The average Bonchev–Trinajstić information content (AvgIpc) is 2.83. The fourth-order valence-electron chi connectivity index (χ4n) is 2.94. The fourth-order valence-corrected chi connectivity index (χ4v) is 3.10. The van der Waals surface area contributed by atoms with Gasteiger partial charge >= 0.3 is 6.18 Å². The van der Waals surface area contributed by atoms with E-state index in [1.165, 1.54) is 10.6 Å². The van der Waals surface area contributed by atoms with Gasteiger partial charge in [-0.15, -0.1) is 0 Å². The third kappa shape index (κ3) is 3.33. The van der Waals surface area contributed by atoms with Gasteiger partial charge in [-0.25, -0.2) is 4.98 Å². The van der Waals surface area contributed by atoms with Crippen LogP contribution in [0.25, 0.3) is 5.65 Å². The zero-order chi connectivity index (χ0) is 16.8. The zero-order valence-corrected chi connectivity index (χ0v) is 14.0. The van der Waals surface area contributed by atoms with E-state index in [2.05, 4.69) is 20.9 Å². The van der Waals surface area contributed by atoms with Gasteiger partial charge in [0.1, 0.15) is 17.0 Å². The normalized spacial score (nSPS) is 24.7. The molecular formula is C15H16BrF3N2O2. The van der Waals surface area contributed by atoms with Crippen molar-refractivity contribution in [3.8, 4) is 5.75 Å². The van der Waals surface area contributed by atoms with E-state index in [9.17, 15) is 18.3 Å². The smallest absolute Gasteiger partial charge is 0.420 e. The van der Waals surface area contributed by atoms with Crippen LogP contribution in [0.15, 0.2) is 18.5 Å². The molecular weight excluding hydrogens is 377 g/mol. The van der Waals surface area contributed by atoms with Crippen molar-refractivity contribution in [2.24, 2.45) is 0 Å². The first-order chi connectivity index (χ1) is 10.7. The Morgan fingerprint density at radius 2 is 2.13 bits per heavy atom. The molecule has 0 aromatic carbocycles. The van der Waals surface area contributed by atoms with E-state index in [1.807, 2.05) is 0 Å². The topological polar surface area (TPSA) is 46.8 Å². The molecule has 23 heavy (non-hydrogen) atoms. The third-order valence-corrected chi connectivity index (χ3v) is 4.31. The lowest BCUT2D eigenvalue weighted by atomic mass is 9.71. The molecule has 3 rings (SSSR count). The summed E-state index contributed by atoms with van der Waals surface area (Å²) in [6.45, 7) is 1.99. The molecule has 0 radical (unpaired) electrons. The summed E-state index contributed by atoms with van der Waals surface area (Å²) < 4.78 is 46.5. The molecule has 1 saturated carbocycles. The standard InChI is InChI=1S/C15H16BrF3N2O2/c1-14(22)5-9(6-14)12-8-21-7-10(23-3-2-16)4-11(13(21)20-12)15(17,18)19/h4,7-9,22H,2-3,5-6H2,1H3. The summed E-state index contributed by atoms with van der Waals surface area (Å²) in [5.41, 5.74) is -1.14. The summed E-state index contributed by atoms with van der Waals surface area (Å²) in [6.07, 6.45) is -0.412. The quantitative estimate of drug-likeness (QED) is 0.805. The molecule has 1 fully saturated rings. The van der Waals surface area contributed by atoms with E-state index in [0.717, 1.165) is 6.07 Å². The van der Waals surface area contributed by atoms with Crippen LogP contribution in [0.2, 0.25) is 0 Å². The summed E-state index contributed by atoms with van der Waals surface area (Å²) in [6, 6.07) is 0.978. The van der Waals surface area contributed by atoms with Gasteiger partial charge in [0.25, 0.3) is 0 Å². The molecule has 0 bridgehead atoms. The van der Waals surface area contributed by atoms with Gasteiger partial charge in [-0.05, 0) is 25.8 Å². The zero-order valence-electron chi connectivity index (χ0n) is 12.4. The number of hydrogen-bond donors (Lipinski definition) is 1. The summed E-state index contributed by atoms with van der Waals surface area (Å²) in [4.78, 5) is 4.16. The maximum atomic E-state index is 13.3. The van der Waals surface area contributed by atoms with E-state index in [4.69, 9.17) is 4.74 Å². The van der Waals surface area contributed by atoms with Crippen molar-refractivity contribution in [3.63, 3.8) is 0 Å². The number of fused-ring (bicyclic) bond motifs is 1. The number of imidazole rings is 1. The van der Waals surface area contributed by atoms with Crippen LogP contribution in [0.4, 0.5) is 13.2 Å². The van der Waals surface area contributed by atoms with E-state index < -0.39 is 17.3 Å². The molecule has 8 heteroatoms. The molecule has 4 nitrogen and oxygen atoms in total. The molecule has 0 atom stereocenters. The Morgan fingerprint density at radius 3 is 2.70 bits per heavy atom. The summed E-state index contributed by atoms with van der Waals surface area (Å²) in [5.74, 6) is 0.131. The minimum absolute atomic E-state index is 0.0158. The fraction of sp³-hybridized carbons (Fsp3) is 0.533. The van der Waals surface area contributed by atoms with Gasteiger partial charge in [-0.3, -0.25) is 0 Å². The van der Waals surface area contributed by atoms with E-state index >= 15 is 0 Å². The maximum Gasteiger partial charge on any atom is 0.420 e. The predicted molar refractivity (Wildman–Crippen MR) is 82.1 cm³/mol. The molecule has 0 unspecified atom stereocenters. The first-order valence-corrected chi connectivity index (χ1v) is 8.33. The molecule has 1 aliphatic carbocycles. The molecule has 2 aromatic rings. The largest absolute Gasteiger partial charge is 0.491 e. The van der Waals surface area contributed by atoms with Gasteiger partial charge in [-0.2, -0.15) is 13.2 Å². The number of pyridine rings is 1. The SMILES string of the molecule is CC1(O)CC(c2cn3cc(OCCBr)cc(C(F)(F)F)c3n2)C1. The Balaban J connectivity index is 2.02. The highest BCUT2D eigenvalue weighted by molar-refractivity contribution is 9.09. The van der Waals surface area contributed by atoms with E-state index in [0.29, 0.717) is 23.9 Å². The lowest BCUT2D eigenvalue weighted by Gasteiger charge is -2.39. The number of aliphatic hydroxyl groups is 1. The van der Waals surface area contributed by atoms with Crippen LogP contribution in [0, 0.1) is 0 Å². The van der Waals surface area contributed by atoms with Crippen LogP contribution >= 0.6 is 15.9 Å². The second kappa shape index (κ2) is 5.66. The highest BCUT2D eigenvalue weighted by Gasteiger charge is 2.41. The molecule has 126 valence electrons. The van der Waals surface area contributed by atoms with Crippen molar-refractivity contribution in [3.05, 3.63) is 29.7 Å². The molecule has 1 N–H and O–H groups in total. The Morgan fingerprint density at radius 1 is 1.43 bits per heavy atom. The number of nitrogens with zero attached hydrogens (tertiary/aromatic N) is 2. The number of alkyl halides is 4. The van der Waals surface area contributed by atoms with Gasteiger partial charge in [-0.1, -0.05) is 15.9 Å². The number of ether oxygens (including phenoxy) is 1. The van der Waals surface area contributed by atoms with Crippen LogP contribution < -0.4 is 4.74 Å². The van der Waals surface area contributed by atoms with Crippen molar-refractivity contribution >= 4 is 21.6 Å². The number of aromatic nitrogens is 2. The van der Waals surface area contributed by atoms with Crippen LogP contribution in [0.3, 0.4) is 0 Å². The van der Waals surface area contributed by atoms with Crippen LogP contribution in [0.1, 0.15) is 36.9 Å². The minimum atomic E-state index is -4.51. The van der Waals surface area contributed by atoms with Gasteiger partial charge in [0, 0.05) is 17.4 Å². The van der Waals surface area contributed by atoms with Crippen molar-refractivity contribution in [1.29, 1.82) is 0 Å². The van der Waals surface area contributed by atoms with Crippen molar-refractivity contribution in [2.45, 2.75) is 37.5 Å². The summed E-state index contributed by atoms with van der Waals surface area (Å²) in [5, 5.41) is 10.3. The Bertz CT molecular complexity index is 719. The van der Waals surface area contributed by atoms with Crippen molar-refractivity contribution in [1.82, 2.24) is 9.38 Å². The molecule has 2 aromatic heterocycles. The monoisotopic (exact) mass is 392 g/mol. The number of halogens is 4. The lowest BCUT2D eigenvalue weighted by Crippen LogP contribution is -2.39. The van der Waals surface area contributed by atoms with Crippen LogP contribution in [-0.4, -0.2) is 32.0 Å². The van der Waals surface area contributed by atoms with Gasteiger partial charge in [0.05, 0.1) is 24.1 Å². The second-order valence-electron chi connectivity index (χ2n) is 6.12. The van der Waals surface area contributed by atoms with Crippen LogP contribution in [0.5, 0.6) is 5.75 Å². The average molecular weight is 393 g/mol. The highest BCUT2D eigenvalue weighted by atomic mass is 79.9. The Hall–Kier alpha value is -1.28. The van der Waals surface area contributed by atoms with Crippen molar-refractivity contribution < 1.29 is 23.0 Å². The minimum Gasteiger partial charge on any atom is -0.491 e. The predicted octanol–water partition coefficient (Wildman–Crippen LogP) is 3.76. The highest BCUT2D eigenvalue weighted by Crippen LogP contribution is 2.44. The number of rotatable bonds is 4. The Kier molecular flexibility index (Phi) is 4.08. The lowest BCUT2D eigenvalue weighted by molar-refractivity contribution is -0.136. The van der Waals surface area contributed by atoms with Gasteiger partial charge in [0.15, 0.2) is 0 Å². The van der Waals surface area contributed by atoms with Gasteiger partial charge < -0.3 is 14.2 Å². The Labute approximate surface area is 139 Å². The summed E-state index contributed by atoms with van der Waals surface area (Å²) in [7, 11) is 0. The summed E-state index contributed by atoms with van der Waals surface area (Å²) >= 11 is 3.18. The molecule has 2 heterocycles. The first kappa shape index (κ1) is 16.6. The van der Waals surface area contributed by atoms with Crippen LogP contribution in [-0.2, 0) is 6.18 Å². The maximum absolute atomic E-state index is 13.3. The van der Waals surface area contributed by atoms with Crippen molar-refractivity contribution in [2.75, 3.05) is 11.9 Å². The van der Waals surface area contributed by atoms with E-state index in [-0.39, 0.29) is 23.9 Å².